The molecule has 0 aromatic carbocycles. The Bertz CT molecular complexity index is 320. The highest BCUT2D eigenvalue weighted by Gasteiger charge is 2.28. The first kappa shape index (κ1) is 14.3. The monoisotopic (exact) mass is 228 g/mol. The number of Topliss-reactive ketones (excluding diaryl/α,β-unsaturated/α-hetero) is 1. The molecule has 0 N–H and O–H groups in total. The highest BCUT2D eigenvalue weighted by atomic mass is 16.5. The van der Waals surface area contributed by atoms with E-state index >= 15 is 0 Å². The van der Waals surface area contributed by atoms with Gasteiger partial charge in [-0.05, 0) is 26.8 Å². The quantitative estimate of drug-likeness (QED) is 0.309. The average Bonchev–Trinajstić information content (AvgIpc) is 2.23. The Labute approximate surface area is 94.4 Å². The summed E-state index contributed by atoms with van der Waals surface area (Å²) < 4.78 is 8.88. The number of allylic oxidation sites excluding steroid dienone is 1. The van der Waals surface area contributed by atoms with Crippen molar-refractivity contribution in [2.45, 2.75) is 20.8 Å². The van der Waals surface area contributed by atoms with E-state index in [9.17, 15) is 14.4 Å². The summed E-state index contributed by atoms with van der Waals surface area (Å²) in [5.74, 6) is -1.81. The van der Waals surface area contributed by atoms with Gasteiger partial charge in [-0.2, -0.15) is 0 Å². The van der Waals surface area contributed by atoms with Crippen LogP contribution < -0.4 is 0 Å². The third-order valence-electron chi connectivity index (χ3n) is 2.22. The average molecular weight is 228 g/mol. The number of rotatable bonds is 4. The Kier molecular flexibility index (Phi) is 4.88. The van der Waals surface area contributed by atoms with Gasteiger partial charge in [0.05, 0.1) is 14.2 Å². The predicted molar refractivity (Wildman–Crippen MR) is 56.6 cm³/mol. The SMILES string of the molecule is COC(=O)C(=CC(C)(C)C(C)=O)C(=O)OC. The smallest absolute Gasteiger partial charge is 0.344 e. The summed E-state index contributed by atoms with van der Waals surface area (Å²) in [5.41, 5.74) is -1.19. The Balaban J connectivity index is 5.35. The van der Waals surface area contributed by atoms with Gasteiger partial charge < -0.3 is 9.47 Å². The second-order valence-corrected chi connectivity index (χ2v) is 3.82. The Morgan fingerprint density at radius 1 is 1.00 bits per heavy atom. The lowest BCUT2D eigenvalue weighted by molar-refractivity contribution is -0.144. The van der Waals surface area contributed by atoms with E-state index < -0.39 is 17.4 Å². The van der Waals surface area contributed by atoms with Crippen molar-refractivity contribution in [3.05, 3.63) is 11.6 Å². The van der Waals surface area contributed by atoms with E-state index in [2.05, 4.69) is 9.47 Å². The van der Waals surface area contributed by atoms with Gasteiger partial charge in [0.1, 0.15) is 11.4 Å². The summed E-state index contributed by atoms with van der Waals surface area (Å²) in [6, 6.07) is 0. The van der Waals surface area contributed by atoms with Crippen LogP contribution in [0.15, 0.2) is 11.6 Å². The third kappa shape index (κ3) is 3.49. The predicted octanol–water partition coefficient (Wildman–Crippen LogP) is 0.874. The molecule has 16 heavy (non-hydrogen) atoms. The number of carbonyl (C=O) groups is 3. The fraction of sp³-hybridized carbons (Fsp3) is 0.545. The zero-order valence-corrected chi connectivity index (χ0v) is 10.1. The molecule has 5 heteroatoms. The molecule has 0 unspecified atom stereocenters. The second kappa shape index (κ2) is 5.44. The van der Waals surface area contributed by atoms with Gasteiger partial charge in [-0.3, -0.25) is 4.79 Å². The van der Waals surface area contributed by atoms with Crippen LogP contribution in [0.2, 0.25) is 0 Å². The van der Waals surface area contributed by atoms with Gasteiger partial charge in [-0.25, -0.2) is 9.59 Å². The van der Waals surface area contributed by atoms with E-state index in [0.29, 0.717) is 0 Å². The lowest BCUT2D eigenvalue weighted by Gasteiger charge is -2.17. The molecule has 0 fully saturated rings. The van der Waals surface area contributed by atoms with Crippen molar-refractivity contribution in [3.8, 4) is 0 Å². The molecular formula is C11H16O5. The minimum absolute atomic E-state index is 0.169. The fourth-order valence-electron chi connectivity index (χ4n) is 0.884. The van der Waals surface area contributed by atoms with Gasteiger partial charge in [0.2, 0.25) is 0 Å². The summed E-state index contributed by atoms with van der Waals surface area (Å²) >= 11 is 0. The molecule has 0 aliphatic rings. The Hall–Kier alpha value is -1.65. The van der Waals surface area contributed by atoms with Crippen LogP contribution in [-0.4, -0.2) is 31.9 Å². The number of ether oxygens (including phenoxy) is 2. The van der Waals surface area contributed by atoms with Crippen molar-refractivity contribution < 1.29 is 23.9 Å². The van der Waals surface area contributed by atoms with Crippen molar-refractivity contribution >= 4 is 17.7 Å². The van der Waals surface area contributed by atoms with Crippen molar-refractivity contribution in [1.29, 1.82) is 0 Å². The maximum Gasteiger partial charge on any atom is 0.344 e. The first-order chi connectivity index (χ1) is 7.26. The Morgan fingerprint density at radius 3 is 1.62 bits per heavy atom. The summed E-state index contributed by atoms with van der Waals surface area (Å²) in [5, 5.41) is 0. The maximum absolute atomic E-state index is 11.3. The zero-order valence-electron chi connectivity index (χ0n) is 10.1. The molecule has 0 atom stereocenters. The lowest BCUT2D eigenvalue weighted by Crippen LogP contribution is -2.24. The van der Waals surface area contributed by atoms with E-state index in [0.717, 1.165) is 14.2 Å². The third-order valence-corrected chi connectivity index (χ3v) is 2.22. The second-order valence-electron chi connectivity index (χ2n) is 3.82. The van der Waals surface area contributed by atoms with Crippen LogP contribution in [-0.2, 0) is 23.9 Å². The summed E-state index contributed by atoms with van der Waals surface area (Å²) in [4.78, 5) is 33.9. The molecule has 5 nitrogen and oxygen atoms in total. The standard InChI is InChI=1S/C11H16O5/c1-7(12)11(2,3)6-8(9(13)15-4)10(14)16-5/h6H,1-5H3. The van der Waals surface area contributed by atoms with Gasteiger partial charge >= 0.3 is 11.9 Å². The minimum atomic E-state index is -0.919. The van der Waals surface area contributed by atoms with Crippen LogP contribution in [0, 0.1) is 5.41 Å². The minimum Gasteiger partial charge on any atom is -0.465 e. The molecule has 0 radical (unpaired) electrons. The summed E-state index contributed by atoms with van der Waals surface area (Å²) in [6.45, 7) is 4.57. The molecule has 0 bridgehead atoms. The summed E-state index contributed by atoms with van der Waals surface area (Å²) in [6.07, 6.45) is 1.26. The highest BCUT2D eigenvalue weighted by molar-refractivity contribution is 6.14. The molecule has 0 rings (SSSR count). The highest BCUT2D eigenvalue weighted by Crippen LogP contribution is 2.21. The van der Waals surface area contributed by atoms with Crippen LogP contribution >= 0.6 is 0 Å². The number of ketones is 1. The number of hydrogen-bond acceptors (Lipinski definition) is 5. The molecule has 0 aromatic heterocycles. The van der Waals surface area contributed by atoms with E-state index in [1.807, 2.05) is 0 Å². The molecule has 0 heterocycles. The molecule has 90 valence electrons. The van der Waals surface area contributed by atoms with Gasteiger partial charge in [0.25, 0.3) is 0 Å². The van der Waals surface area contributed by atoms with Crippen LogP contribution in [0.1, 0.15) is 20.8 Å². The molecular weight excluding hydrogens is 212 g/mol. The topological polar surface area (TPSA) is 69.7 Å². The number of hydrogen-bond donors (Lipinski definition) is 0. The van der Waals surface area contributed by atoms with Gasteiger partial charge in [0.15, 0.2) is 0 Å². The van der Waals surface area contributed by atoms with Gasteiger partial charge in [0, 0.05) is 5.41 Å². The zero-order chi connectivity index (χ0) is 12.9. The summed E-state index contributed by atoms with van der Waals surface area (Å²) in [7, 11) is 2.31. The molecule has 0 aliphatic heterocycles. The van der Waals surface area contributed by atoms with Crippen molar-refractivity contribution in [1.82, 2.24) is 0 Å². The first-order valence-corrected chi connectivity index (χ1v) is 4.66. The fourth-order valence-corrected chi connectivity index (χ4v) is 0.884. The lowest BCUT2D eigenvalue weighted by atomic mass is 9.86. The van der Waals surface area contributed by atoms with Crippen molar-refractivity contribution in [3.63, 3.8) is 0 Å². The molecule has 0 aliphatic carbocycles. The number of carbonyl (C=O) groups excluding carboxylic acids is 3. The Morgan fingerprint density at radius 2 is 1.38 bits per heavy atom. The van der Waals surface area contributed by atoms with E-state index in [1.165, 1.54) is 13.0 Å². The van der Waals surface area contributed by atoms with Gasteiger partial charge in [-0.1, -0.05) is 0 Å². The van der Waals surface area contributed by atoms with Crippen molar-refractivity contribution in [2.75, 3.05) is 14.2 Å². The van der Waals surface area contributed by atoms with Crippen LogP contribution in [0.3, 0.4) is 0 Å². The number of esters is 2. The van der Waals surface area contributed by atoms with Crippen LogP contribution in [0.5, 0.6) is 0 Å². The maximum atomic E-state index is 11.3. The molecule has 0 saturated carbocycles. The van der Waals surface area contributed by atoms with Crippen LogP contribution in [0.25, 0.3) is 0 Å². The van der Waals surface area contributed by atoms with E-state index in [-0.39, 0.29) is 11.4 Å². The number of methoxy groups -OCH3 is 2. The molecule has 0 aromatic rings. The largest absolute Gasteiger partial charge is 0.465 e. The van der Waals surface area contributed by atoms with Gasteiger partial charge in [-0.15, -0.1) is 0 Å². The van der Waals surface area contributed by atoms with Crippen LogP contribution in [0.4, 0.5) is 0 Å². The molecule has 0 saturated heterocycles. The first-order valence-electron chi connectivity index (χ1n) is 4.66. The molecule has 0 amide bonds. The normalized spacial score (nSPS) is 10.3. The van der Waals surface area contributed by atoms with E-state index in [4.69, 9.17) is 0 Å². The van der Waals surface area contributed by atoms with E-state index in [1.54, 1.807) is 13.8 Å². The molecule has 0 spiro atoms. The van der Waals surface area contributed by atoms with Crippen molar-refractivity contribution in [2.24, 2.45) is 5.41 Å².